The lowest BCUT2D eigenvalue weighted by Gasteiger charge is -2.06. The third-order valence-electron chi connectivity index (χ3n) is 2.16. The van der Waals surface area contributed by atoms with E-state index in [1.54, 1.807) is 12.1 Å². The maximum absolute atomic E-state index is 11.2. The quantitative estimate of drug-likeness (QED) is 0.741. The maximum atomic E-state index is 11.2. The third kappa shape index (κ3) is 5.01. The van der Waals surface area contributed by atoms with Gasteiger partial charge in [-0.2, -0.15) is 0 Å². The van der Waals surface area contributed by atoms with Crippen molar-refractivity contribution in [2.24, 2.45) is 5.73 Å². The highest BCUT2D eigenvalue weighted by Gasteiger charge is 2.03. The van der Waals surface area contributed by atoms with Gasteiger partial charge in [-0.3, -0.25) is 9.59 Å². The highest BCUT2D eigenvalue weighted by Crippen LogP contribution is 2.12. The predicted molar refractivity (Wildman–Crippen MR) is 63.5 cm³/mol. The third-order valence-corrected chi connectivity index (χ3v) is 2.16. The number of aryl methyl sites for hydroxylation is 1. The summed E-state index contributed by atoms with van der Waals surface area (Å²) < 4.78 is 5.24. The molecule has 0 heterocycles. The first-order chi connectivity index (χ1) is 8.11. The monoisotopic (exact) mass is 236 g/mol. The van der Waals surface area contributed by atoms with Gasteiger partial charge in [0.15, 0.2) is 6.61 Å². The highest BCUT2D eigenvalue weighted by atomic mass is 16.5. The zero-order valence-corrected chi connectivity index (χ0v) is 9.73. The van der Waals surface area contributed by atoms with E-state index >= 15 is 0 Å². The smallest absolute Gasteiger partial charge is 0.258 e. The lowest BCUT2D eigenvalue weighted by atomic mass is 10.2. The van der Waals surface area contributed by atoms with Gasteiger partial charge in [0.2, 0.25) is 5.91 Å². The molecule has 0 aromatic heterocycles. The van der Waals surface area contributed by atoms with Gasteiger partial charge in [-0.1, -0.05) is 19.1 Å². The van der Waals surface area contributed by atoms with E-state index in [9.17, 15) is 9.59 Å². The second-order valence-corrected chi connectivity index (χ2v) is 3.53. The molecule has 0 aliphatic carbocycles. The lowest BCUT2D eigenvalue weighted by molar-refractivity contribution is -0.126. The Kier molecular flexibility index (Phi) is 5.00. The summed E-state index contributed by atoms with van der Waals surface area (Å²) in [4.78, 5) is 21.6. The second kappa shape index (κ2) is 6.52. The first-order valence-electron chi connectivity index (χ1n) is 5.38. The van der Waals surface area contributed by atoms with Crippen LogP contribution in [-0.2, 0) is 16.0 Å². The van der Waals surface area contributed by atoms with Gasteiger partial charge in [-0.15, -0.1) is 0 Å². The maximum Gasteiger partial charge on any atom is 0.258 e. The van der Waals surface area contributed by atoms with Crippen LogP contribution in [0.5, 0.6) is 5.75 Å². The van der Waals surface area contributed by atoms with E-state index in [1.807, 2.05) is 12.1 Å². The van der Waals surface area contributed by atoms with Gasteiger partial charge in [0.25, 0.3) is 5.91 Å². The number of carbonyl (C=O) groups is 2. The van der Waals surface area contributed by atoms with Crippen LogP contribution in [0.2, 0.25) is 0 Å². The molecule has 0 spiro atoms. The summed E-state index contributed by atoms with van der Waals surface area (Å²) >= 11 is 0. The van der Waals surface area contributed by atoms with Gasteiger partial charge in [-0.05, 0) is 24.1 Å². The number of nitrogens with one attached hydrogen (secondary N) is 1. The Labute approximate surface area is 99.9 Å². The Morgan fingerprint density at radius 2 is 1.94 bits per heavy atom. The Balaban J connectivity index is 2.34. The first kappa shape index (κ1) is 13.0. The van der Waals surface area contributed by atoms with Crippen molar-refractivity contribution in [3.8, 4) is 5.75 Å². The Bertz CT molecular complexity index is 387. The minimum atomic E-state index is -0.578. The van der Waals surface area contributed by atoms with Gasteiger partial charge in [-0.25, -0.2) is 0 Å². The number of amides is 2. The van der Waals surface area contributed by atoms with Gasteiger partial charge < -0.3 is 15.8 Å². The van der Waals surface area contributed by atoms with Crippen molar-refractivity contribution < 1.29 is 14.3 Å². The number of hydrogen-bond acceptors (Lipinski definition) is 3. The molecule has 0 atom stereocenters. The van der Waals surface area contributed by atoms with Crippen molar-refractivity contribution in [1.29, 1.82) is 0 Å². The Morgan fingerprint density at radius 1 is 1.29 bits per heavy atom. The summed E-state index contributed by atoms with van der Waals surface area (Å²) in [6.45, 7) is 1.77. The summed E-state index contributed by atoms with van der Waals surface area (Å²) in [5.41, 5.74) is 6.09. The number of carbonyl (C=O) groups excluding carboxylic acids is 2. The van der Waals surface area contributed by atoms with Crippen molar-refractivity contribution >= 4 is 11.8 Å². The summed E-state index contributed by atoms with van der Waals surface area (Å²) in [7, 11) is 0. The van der Waals surface area contributed by atoms with Crippen LogP contribution in [0.1, 0.15) is 12.5 Å². The number of rotatable bonds is 6. The zero-order valence-electron chi connectivity index (χ0n) is 9.73. The van der Waals surface area contributed by atoms with E-state index in [1.165, 1.54) is 5.56 Å². The molecule has 0 unspecified atom stereocenters. The molecule has 0 aliphatic rings. The molecule has 0 radical (unpaired) electrons. The Hall–Kier alpha value is -2.04. The fraction of sp³-hybridized carbons (Fsp3) is 0.333. The minimum absolute atomic E-state index is 0.126. The summed E-state index contributed by atoms with van der Waals surface area (Å²) in [6, 6.07) is 7.49. The number of benzene rings is 1. The molecule has 3 N–H and O–H groups in total. The topological polar surface area (TPSA) is 81.4 Å². The van der Waals surface area contributed by atoms with Crippen molar-refractivity contribution in [3.05, 3.63) is 29.8 Å². The molecular formula is C12H16N2O3. The number of ether oxygens (including phenoxy) is 1. The van der Waals surface area contributed by atoms with Crippen LogP contribution in [0.25, 0.3) is 0 Å². The van der Waals surface area contributed by atoms with Gasteiger partial charge in [0.05, 0.1) is 6.54 Å². The standard InChI is InChI=1S/C12H16N2O3/c1-2-9-3-5-10(6-4-9)17-8-12(16)14-7-11(13)15/h3-6H,2,7-8H2,1H3,(H2,13,15)(H,14,16). The molecular weight excluding hydrogens is 220 g/mol. The van der Waals surface area contributed by atoms with E-state index in [0.717, 1.165) is 6.42 Å². The van der Waals surface area contributed by atoms with Crippen molar-refractivity contribution in [2.75, 3.05) is 13.2 Å². The molecule has 0 saturated heterocycles. The SMILES string of the molecule is CCc1ccc(OCC(=O)NCC(N)=O)cc1. The van der Waals surface area contributed by atoms with Gasteiger partial charge >= 0.3 is 0 Å². The van der Waals surface area contributed by atoms with Crippen molar-refractivity contribution in [2.45, 2.75) is 13.3 Å². The van der Waals surface area contributed by atoms with Crippen LogP contribution in [0.3, 0.4) is 0 Å². The molecule has 0 bridgehead atoms. The molecule has 1 aromatic carbocycles. The van der Waals surface area contributed by atoms with Gasteiger partial charge in [0.1, 0.15) is 5.75 Å². The van der Waals surface area contributed by atoms with Crippen molar-refractivity contribution in [1.82, 2.24) is 5.32 Å². The fourth-order valence-corrected chi connectivity index (χ4v) is 1.21. The van der Waals surface area contributed by atoms with Crippen LogP contribution in [-0.4, -0.2) is 25.0 Å². The average Bonchev–Trinajstić information content (AvgIpc) is 2.34. The number of hydrogen-bond donors (Lipinski definition) is 2. The molecule has 92 valence electrons. The number of nitrogens with two attached hydrogens (primary N) is 1. The zero-order chi connectivity index (χ0) is 12.7. The molecule has 5 heteroatoms. The summed E-state index contributed by atoms with van der Waals surface area (Å²) in [5.74, 6) is -0.328. The highest BCUT2D eigenvalue weighted by molar-refractivity contribution is 5.84. The molecule has 0 fully saturated rings. The fourth-order valence-electron chi connectivity index (χ4n) is 1.21. The van der Waals surface area contributed by atoms with Crippen LogP contribution in [0.4, 0.5) is 0 Å². The first-order valence-corrected chi connectivity index (χ1v) is 5.38. The van der Waals surface area contributed by atoms with E-state index < -0.39 is 5.91 Å². The van der Waals surface area contributed by atoms with Crippen molar-refractivity contribution in [3.63, 3.8) is 0 Å². The van der Waals surface area contributed by atoms with E-state index in [-0.39, 0.29) is 19.1 Å². The van der Waals surface area contributed by atoms with E-state index in [2.05, 4.69) is 12.2 Å². The molecule has 1 rings (SSSR count). The Morgan fingerprint density at radius 3 is 2.47 bits per heavy atom. The van der Waals surface area contributed by atoms with Crippen LogP contribution >= 0.6 is 0 Å². The summed E-state index contributed by atoms with van der Waals surface area (Å²) in [5, 5.41) is 2.34. The molecule has 17 heavy (non-hydrogen) atoms. The summed E-state index contributed by atoms with van der Waals surface area (Å²) in [6.07, 6.45) is 0.958. The molecule has 5 nitrogen and oxygen atoms in total. The van der Waals surface area contributed by atoms with Gasteiger partial charge in [0, 0.05) is 0 Å². The predicted octanol–water partition coefficient (Wildman–Crippen LogP) is 0.229. The molecule has 1 aromatic rings. The normalized spacial score (nSPS) is 9.71. The van der Waals surface area contributed by atoms with Crippen LogP contribution in [0.15, 0.2) is 24.3 Å². The van der Waals surface area contributed by atoms with Crippen LogP contribution < -0.4 is 15.8 Å². The van der Waals surface area contributed by atoms with Crippen LogP contribution in [0, 0.1) is 0 Å². The molecule has 0 aliphatic heterocycles. The molecule has 0 saturated carbocycles. The largest absolute Gasteiger partial charge is 0.484 e. The lowest BCUT2D eigenvalue weighted by Crippen LogP contribution is -2.36. The number of primary amides is 1. The average molecular weight is 236 g/mol. The van der Waals surface area contributed by atoms with E-state index in [4.69, 9.17) is 10.5 Å². The second-order valence-electron chi connectivity index (χ2n) is 3.53. The molecule has 2 amide bonds. The minimum Gasteiger partial charge on any atom is -0.484 e. The van der Waals surface area contributed by atoms with E-state index in [0.29, 0.717) is 5.75 Å².